The molecule has 2 aromatic rings. The third-order valence-corrected chi connectivity index (χ3v) is 5.03. The second kappa shape index (κ2) is 7.62. The summed E-state index contributed by atoms with van der Waals surface area (Å²) in [6.07, 6.45) is 5.38. The van der Waals surface area contributed by atoms with Gasteiger partial charge in [-0.3, -0.25) is 4.68 Å². The predicted molar refractivity (Wildman–Crippen MR) is 107 cm³/mol. The van der Waals surface area contributed by atoms with E-state index in [9.17, 15) is 4.79 Å². The molecule has 0 radical (unpaired) electrons. The van der Waals surface area contributed by atoms with Crippen LogP contribution in [0.15, 0.2) is 30.6 Å². The molecule has 27 heavy (non-hydrogen) atoms. The molecule has 1 aliphatic heterocycles. The summed E-state index contributed by atoms with van der Waals surface area (Å²) in [6, 6.07) is 6.12. The Bertz CT molecular complexity index is 799. The Balaban J connectivity index is 1.50. The fraction of sp³-hybridized carbons (Fsp3) is 0.524. The third kappa shape index (κ3) is 4.81. The van der Waals surface area contributed by atoms with Crippen LogP contribution in [-0.4, -0.2) is 39.9 Å². The highest BCUT2D eigenvalue weighted by Gasteiger charge is 2.24. The van der Waals surface area contributed by atoms with E-state index in [2.05, 4.69) is 57.2 Å². The maximum absolute atomic E-state index is 12.5. The van der Waals surface area contributed by atoms with Crippen molar-refractivity contribution >= 4 is 11.7 Å². The number of rotatable bonds is 3. The number of likely N-dealkylation sites (tertiary alicyclic amines) is 1. The van der Waals surface area contributed by atoms with E-state index in [4.69, 9.17) is 4.74 Å². The van der Waals surface area contributed by atoms with Gasteiger partial charge in [-0.05, 0) is 57.9 Å². The zero-order valence-electron chi connectivity index (χ0n) is 17.0. The number of amides is 2. The number of aryl methyl sites for hydroxylation is 2. The fourth-order valence-corrected chi connectivity index (χ4v) is 3.11. The Labute approximate surface area is 161 Å². The second-order valence-electron chi connectivity index (χ2n) is 8.32. The minimum Gasteiger partial charge on any atom is -0.490 e. The van der Waals surface area contributed by atoms with Gasteiger partial charge in [0.1, 0.15) is 11.9 Å². The van der Waals surface area contributed by atoms with E-state index in [1.54, 1.807) is 6.20 Å². The minimum atomic E-state index is -0.104. The number of nitrogens with zero attached hydrogens (tertiary/aromatic N) is 3. The Morgan fingerprint density at radius 2 is 1.89 bits per heavy atom. The molecule has 2 heterocycles. The van der Waals surface area contributed by atoms with Crippen LogP contribution in [0, 0.1) is 13.8 Å². The first-order valence-corrected chi connectivity index (χ1v) is 9.57. The van der Waals surface area contributed by atoms with Gasteiger partial charge in [-0.2, -0.15) is 5.10 Å². The van der Waals surface area contributed by atoms with Crippen molar-refractivity contribution in [3.05, 3.63) is 41.7 Å². The first-order valence-electron chi connectivity index (χ1n) is 9.57. The molecule has 3 rings (SSSR count). The van der Waals surface area contributed by atoms with Crippen LogP contribution in [0.2, 0.25) is 0 Å². The highest BCUT2D eigenvalue weighted by Crippen LogP contribution is 2.22. The number of aromatic nitrogens is 2. The average molecular weight is 370 g/mol. The van der Waals surface area contributed by atoms with E-state index in [0.717, 1.165) is 24.3 Å². The lowest BCUT2D eigenvalue weighted by Gasteiger charge is -2.32. The van der Waals surface area contributed by atoms with Gasteiger partial charge in [-0.1, -0.05) is 6.07 Å². The molecular formula is C21H30N4O2. The third-order valence-electron chi connectivity index (χ3n) is 5.03. The molecule has 0 saturated carbocycles. The molecule has 2 amide bonds. The molecule has 1 N–H and O–H groups in total. The van der Waals surface area contributed by atoms with Crippen LogP contribution in [0.5, 0.6) is 5.75 Å². The lowest BCUT2D eigenvalue weighted by Crippen LogP contribution is -2.43. The first-order chi connectivity index (χ1) is 12.7. The summed E-state index contributed by atoms with van der Waals surface area (Å²) in [7, 11) is 0. The molecule has 1 aromatic carbocycles. The van der Waals surface area contributed by atoms with Crippen molar-refractivity contribution in [3.8, 4) is 5.75 Å². The number of carbonyl (C=O) groups excluding carboxylic acids is 1. The van der Waals surface area contributed by atoms with E-state index in [1.807, 2.05) is 21.8 Å². The summed E-state index contributed by atoms with van der Waals surface area (Å²) in [6.45, 7) is 11.8. The quantitative estimate of drug-likeness (QED) is 0.875. The number of benzene rings is 1. The monoisotopic (exact) mass is 370 g/mol. The lowest BCUT2D eigenvalue weighted by molar-refractivity contribution is 0.115. The van der Waals surface area contributed by atoms with Gasteiger partial charge in [0.15, 0.2) is 0 Å². The number of piperidine rings is 1. The molecular weight excluding hydrogens is 340 g/mol. The van der Waals surface area contributed by atoms with Crippen LogP contribution in [-0.2, 0) is 5.54 Å². The zero-order chi connectivity index (χ0) is 19.6. The molecule has 0 spiro atoms. The molecule has 0 bridgehead atoms. The highest BCUT2D eigenvalue weighted by atomic mass is 16.5. The van der Waals surface area contributed by atoms with Crippen LogP contribution in [0.1, 0.15) is 44.7 Å². The number of ether oxygens (including phenoxy) is 1. The van der Waals surface area contributed by atoms with E-state index in [-0.39, 0.29) is 17.7 Å². The summed E-state index contributed by atoms with van der Waals surface area (Å²) < 4.78 is 7.96. The summed E-state index contributed by atoms with van der Waals surface area (Å²) in [4.78, 5) is 14.4. The average Bonchev–Trinajstić information content (AvgIpc) is 3.08. The van der Waals surface area contributed by atoms with Gasteiger partial charge in [0.25, 0.3) is 0 Å². The van der Waals surface area contributed by atoms with Gasteiger partial charge in [-0.15, -0.1) is 0 Å². The van der Waals surface area contributed by atoms with Crippen molar-refractivity contribution in [2.45, 2.75) is 59.1 Å². The SMILES string of the molecule is Cc1ccc(OC2CCN(C(=O)Nc3cnn(C(C)(C)C)c3)CC2)cc1C. The second-order valence-corrected chi connectivity index (χ2v) is 8.32. The van der Waals surface area contributed by atoms with Crippen LogP contribution in [0.4, 0.5) is 10.5 Å². The molecule has 6 heteroatoms. The molecule has 1 fully saturated rings. The Morgan fingerprint density at radius 3 is 2.48 bits per heavy atom. The van der Waals surface area contributed by atoms with E-state index in [1.165, 1.54) is 11.1 Å². The Hall–Kier alpha value is -2.50. The van der Waals surface area contributed by atoms with Crippen molar-refractivity contribution < 1.29 is 9.53 Å². The highest BCUT2D eigenvalue weighted by molar-refractivity contribution is 5.89. The van der Waals surface area contributed by atoms with Gasteiger partial charge >= 0.3 is 6.03 Å². The van der Waals surface area contributed by atoms with Gasteiger partial charge in [-0.25, -0.2) is 4.79 Å². The summed E-state index contributed by atoms with van der Waals surface area (Å²) in [5.74, 6) is 0.913. The number of nitrogens with one attached hydrogen (secondary N) is 1. The molecule has 0 unspecified atom stereocenters. The number of carbonyl (C=O) groups is 1. The molecule has 0 atom stereocenters. The molecule has 6 nitrogen and oxygen atoms in total. The van der Waals surface area contributed by atoms with Crippen LogP contribution >= 0.6 is 0 Å². The van der Waals surface area contributed by atoms with Crippen LogP contribution in [0.3, 0.4) is 0 Å². The molecule has 1 aliphatic rings. The minimum absolute atomic E-state index is 0.0758. The van der Waals surface area contributed by atoms with E-state index < -0.39 is 0 Å². The maximum Gasteiger partial charge on any atom is 0.321 e. The van der Waals surface area contributed by atoms with Crippen molar-refractivity contribution in [2.75, 3.05) is 18.4 Å². The standard InChI is InChI=1S/C21H30N4O2/c1-15-6-7-19(12-16(15)2)27-18-8-10-24(11-9-18)20(26)23-17-13-22-25(14-17)21(3,4)5/h6-7,12-14,18H,8-11H2,1-5H3,(H,23,26). The molecule has 146 valence electrons. The number of hydrogen-bond donors (Lipinski definition) is 1. The molecule has 1 saturated heterocycles. The summed E-state index contributed by atoms with van der Waals surface area (Å²) in [5, 5.41) is 7.27. The predicted octanol–water partition coefficient (Wildman–Crippen LogP) is 4.33. The maximum atomic E-state index is 12.5. The van der Waals surface area contributed by atoms with Crippen LogP contribution in [0.25, 0.3) is 0 Å². The van der Waals surface area contributed by atoms with E-state index in [0.29, 0.717) is 13.1 Å². The van der Waals surface area contributed by atoms with Gasteiger partial charge in [0, 0.05) is 32.1 Å². The topological polar surface area (TPSA) is 59.4 Å². The van der Waals surface area contributed by atoms with Gasteiger partial charge in [0.05, 0.1) is 17.4 Å². The number of hydrogen-bond acceptors (Lipinski definition) is 3. The van der Waals surface area contributed by atoms with E-state index >= 15 is 0 Å². The van der Waals surface area contributed by atoms with Crippen molar-refractivity contribution in [3.63, 3.8) is 0 Å². The Kier molecular flexibility index (Phi) is 5.44. The largest absolute Gasteiger partial charge is 0.490 e. The normalized spacial score (nSPS) is 15.7. The molecule has 1 aromatic heterocycles. The van der Waals surface area contributed by atoms with Gasteiger partial charge in [0.2, 0.25) is 0 Å². The van der Waals surface area contributed by atoms with Crippen LogP contribution < -0.4 is 10.1 Å². The van der Waals surface area contributed by atoms with Crippen molar-refractivity contribution in [1.82, 2.24) is 14.7 Å². The Morgan fingerprint density at radius 1 is 1.19 bits per heavy atom. The summed E-state index contributed by atoms with van der Waals surface area (Å²) >= 11 is 0. The number of anilines is 1. The number of urea groups is 1. The van der Waals surface area contributed by atoms with Crippen molar-refractivity contribution in [2.24, 2.45) is 0 Å². The smallest absolute Gasteiger partial charge is 0.321 e. The zero-order valence-corrected chi connectivity index (χ0v) is 17.0. The van der Waals surface area contributed by atoms with Crippen molar-refractivity contribution in [1.29, 1.82) is 0 Å². The summed E-state index contributed by atoms with van der Waals surface area (Å²) in [5.41, 5.74) is 3.12. The first kappa shape index (κ1) is 19.3. The fourth-order valence-electron chi connectivity index (χ4n) is 3.11. The lowest BCUT2D eigenvalue weighted by atomic mass is 10.1. The molecule has 0 aliphatic carbocycles. The van der Waals surface area contributed by atoms with Gasteiger partial charge < -0.3 is 15.0 Å².